The predicted octanol–water partition coefficient (Wildman–Crippen LogP) is 2.34. The summed E-state index contributed by atoms with van der Waals surface area (Å²) >= 11 is 0. The Morgan fingerprint density at radius 2 is 1.93 bits per heavy atom. The fourth-order valence-electron chi connectivity index (χ4n) is 3.14. The molecule has 152 valence electrons. The van der Waals surface area contributed by atoms with Gasteiger partial charge in [0, 0.05) is 52.2 Å². The van der Waals surface area contributed by atoms with Gasteiger partial charge >= 0.3 is 6.09 Å². The van der Waals surface area contributed by atoms with E-state index < -0.39 is 0 Å². The molecular weight excluding hydrogens is 471 g/mol. The Morgan fingerprint density at radius 3 is 2.57 bits per heavy atom. The Morgan fingerprint density at radius 1 is 1.21 bits per heavy atom. The first-order chi connectivity index (χ1) is 13.2. The molecule has 1 aliphatic heterocycles. The molecule has 0 saturated carbocycles. The van der Waals surface area contributed by atoms with E-state index in [4.69, 9.17) is 4.74 Å². The molecule has 0 bridgehead atoms. The van der Waals surface area contributed by atoms with Crippen molar-refractivity contribution in [2.75, 3.05) is 39.8 Å². The van der Waals surface area contributed by atoms with E-state index in [-0.39, 0.29) is 30.1 Å². The first-order valence-electron chi connectivity index (χ1n) is 9.16. The van der Waals surface area contributed by atoms with Crippen LogP contribution in [-0.4, -0.2) is 71.2 Å². The maximum Gasteiger partial charge on any atom is 0.409 e. The van der Waals surface area contributed by atoms with Crippen molar-refractivity contribution in [2.45, 2.75) is 13.5 Å². The van der Waals surface area contributed by atoms with Crippen molar-refractivity contribution < 1.29 is 9.53 Å². The van der Waals surface area contributed by atoms with Gasteiger partial charge in [0.05, 0.1) is 18.6 Å². The van der Waals surface area contributed by atoms with Crippen molar-refractivity contribution in [3.8, 4) is 5.69 Å². The number of hydrogen-bond acceptors (Lipinski definition) is 4. The van der Waals surface area contributed by atoms with Crippen LogP contribution in [-0.2, 0) is 11.3 Å². The standard InChI is InChI=1S/C19H26N6O2.HI/c1-3-27-19(26)24-12-10-23(11-13-24)18(20-2)22-14-16-6-4-5-7-17(16)25-9-8-21-15-25;/h4-9,15H,3,10-14H2,1-2H3,(H,20,22);1H. The van der Waals surface area contributed by atoms with E-state index >= 15 is 0 Å². The number of guanidine groups is 1. The number of amides is 1. The third kappa shape index (κ3) is 5.37. The smallest absolute Gasteiger partial charge is 0.409 e. The summed E-state index contributed by atoms with van der Waals surface area (Å²) in [4.78, 5) is 24.3. The van der Waals surface area contributed by atoms with Crippen LogP contribution >= 0.6 is 24.0 Å². The van der Waals surface area contributed by atoms with Crippen LogP contribution in [0.25, 0.3) is 5.69 Å². The maximum absolute atomic E-state index is 11.8. The number of hydrogen-bond donors (Lipinski definition) is 1. The number of rotatable bonds is 4. The highest BCUT2D eigenvalue weighted by Crippen LogP contribution is 2.14. The van der Waals surface area contributed by atoms with Crippen molar-refractivity contribution >= 4 is 36.0 Å². The Labute approximate surface area is 182 Å². The van der Waals surface area contributed by atoms with Crippen LogP contribution in [0.3, 0.4) is 0 Å². The van der Waals surface area contributed by atoms with E-state index in [2.05, 4.69) is 32.3 Å². The van der Waals surface area contributed by atoms with Crippen LogP contribution in [0.15, 0.2) is 48.0 Å². The van der Waals surface area contributed by atoms with Gasteiger partial charge in [-0.1, -0.05) is 18.2 Å². The molecule has 0 spiro atoms. The lowest BCUT2D eigenvalue weighted by Crippen LogP contribution is -2.53. The van der Waals surface area contributed by atoms with Gasteiger partial charge in [-0.2, -0.15) is 0 Å². The molecule has 2 heterocycles. The van der Waals surface area contributed by atoms with Crippen molar-refractivity contribution in [3.63, 3.8) is 0 Å². The number of aromatic nitrogens is 2. The van der Waals surface area contributed by atoms with Crippen molar-refractivity contribution in [2.24, 2.45) is 4.99 Å². The summed E-state index contributed by atoms with van der Waals surface area (Å²) in [7, 11) is 1.78. The van der Waals surface area contributed by atoms with Gasteiger partial charge in [-0.05, 0) is 18.6 Å². The highest BCUT2D eigenvalue weighted by Gasteiger charge is 2.23. The number of aliphatic imine (C=N–C) groups is 1. The molecule has 0 radical (unpaired) electrons. The Hall–Kier alpha value is -2.30. The van der Waals surface area contributed by atoms with E-state index in [0.29, 0.717) is 26.2 Å². The van der Waals surface area contributed by atoms with E-state index in [1.807, 2.05) is 29.8 Å². The molecule has 1 fully saturated rings. The minimum Gasteiger partial charge on any atom is -0.450 e. The minimum absolute atomic E-state index is 0. The number of nitrogens with one attached hydrogen (secondary N) is 1. The van der Waals surface area contributed by atoms with Gasteiger partial charge in [0.1, 0.15) is 0 Å². The van der Waals surface area contributed by atoms with Gasteiger partial charge < -0.3 is 24.4 Å². The third-order valence-corrected chi connectivity index (χ3v) is 4.53. The molecular formula is C19H27IN6O2. The van der Waals surface area contributed by atoms with Crippen molar-refractivity contribution in [3.05, 3.63) is 48.5 Å². The number of carbonyl (C=O) groups is 1. The number of imidazole rings is 1. The molecule has 1 aliphatic rings. The maximum atomic E-state index is 11.8. The van der Waals surface area contributed by atoms with Gasteiger partial charge in [-0.25, -0.2) is 9.78 Å². The molecule has 0 aliphatic carbocycles. The van der Waals surface area contributed by atoms with E-state index in [1.165, 1.54) is 0 Å². The second-order valence-electron chi connectivity index (χ2n) is 6.17. The molecule has 8 nitrogen and oxygen atoms in total. The molecule has 1 saturated heterocycles. The summed E-state index contributed by atoms with van der Waals surface area (Å²) < 4.78 is 7.07. The number of carbonyl (C=O) groups excluding carboxylic acids is 1. The molecule has 0 atom stereocenters. The summed E-state index contributed by atoms with van der Waals surface area (Å²) in [6, 6.07) is 8.20. The van der Waals surface area contributed by atoms with Gasteiger partial charge in [-0.15, -0.1) is 24.0 Å². The number of ether oxygens (including phenoxy) is 1. The molecule has 28 heavy (non-hydrogen) atoms. The number of benzene rings is 1. The summed E-state index contributed by atoms with van der Waals surface area (Å²) in [5.74, 6) is 0.832. The van der Waals surface area contributed by atoms with E-state index in [1.54, 1.807) is 24.5 Å². The SMILES string of the molecule is CCOC(=O)N1CCN(C(=NC)NCc2ccccc2-n2ccnc2)CC1.I. The van der Waals surface area contributed by atoms with Crippen LogP contribution in [0.2, 0.25) is 0 Å². The Balaban J connectivity index is 0.00000280. The summed E-state index contributed by atoms with van der Waals surface area (Å²) in [5, 5.41) is 3.43. The molecule has 1 amide bonds. The van der Waals surface area contributed by atoms with Crippen LogP contribution in [0.4, 0.5) is 4.79 Å². The van der Waals surface area contributed by atoms with Crippen molar-refractivity contribution in [1.82, 2.24) is 24.7 Å². The summed E-state index contributed by atoms with van der Waals surface area (Å²) in [6.45, 7) is 5.58. The molecule has 0 unspecified atom stereocenters. The Bertz CT molecular complexity index is 772. The molecule has 1 N–H and O–H groups in total. The molecule has 3 rings (SSSR count). The van der Waals surface area contributed by atoms with Crippen LogP contribution in [0.5, 0.6) is 0 Å². The highest BCUT2D eigenvalue weighted by atomic mass is 127. The number of piperazine rings is 1. The second kappa shape index (κ2) is 10.9. The fourth-order valence-corrected chi connectivity index (χ4v) is 3.14. The third-order valence-electron chi connectivity index (χ3n) is 4.53. The van der Waals surface area contributed by atoms with E-state index in [0.717, 1.165) is 30.3 Å². The van der Waals surface area contributed by atoms with Crippen LogP contribution < -0.4 is 5.32 Å². The molecule has 1 aromatic heterocycles. The summed E-state index contributed by atoms with van der Waals surface area (Å²) in [5.41, 5.74) is 2.24. The van der Waals surface area contributed by atoms with Crippen molar-refractivity contribution in [1.29, 1.82) is 0 Å². The van der Waals surface area contributed by atoms with Gasteiger partial charge in [0.25, 0.3) is 0 Å². The first kappa shape index (κ1) is 22.0. The van der Waals surface area contributed by atoms with Gasteiger partial charge in [0.2, 0.25) is 0 Å². The van der Waals surface area contributed by atoms with Crippen LogP contribution in [0.1, 0.15) is 12.5 Å². The average molecular weight is 498 g/mol. The summed E-state index contributed by atoms with van der Waals surface area (Å²) in [6.07, 6.45) is 5.26. The van der Waals surface area contributed by atoms with Gasteiger partial charge in [-0.3, -0.25) is 4.99 Å². The Kier molecular flexibility index (Phi) is 8.55. The normalized spacial score (nSPS) is 14.4. The predicted molar refractivity (Wildman–Crippen MR) is 119 cm³/mol. The first-order valence-corrected chi connectivity index (χ1v) is 9.16. The van der Waals surface area contributed by atoms with E-state index in [9.17, 15) is 4.79 Å². The zero-order valence-electron chi connectivity index (χ0n) is 16.2. The molecule has 9 heteroatoms. The number of para-hydroxylation sites is 1. The lowest BCUT2D eigenvalue weighted by molar-refractivity contribution is 0.0914. The largest absolute Gasteiger partial charge is 0.450 e. The van der Waals surface area contributed by atoms with Crippen LogP contribution in [0, 0.1) is 0 Å². The number of halogens is 1. The monoisotopic (exact) mass is 498 g/mol. The average Bonchev–Trinajstić information content (AvgIpc) is 3.24. The topological polar surface area (TPSA) is 75.0 Å². The fraction of sp³-hybridized carbons (Fsp3) is 0.421. The van der Waals surface area contributed by atoms with Gasteiger partial charge in [0.15, 0.2) is 5.96 Å². The zero-order valence-corrected chi connectivity index (χ0v) is 18.6. The lowest BCUT2D eigenvalue weighted by atomic mass is 10.1. The highest BCUT2D eigenvalue weighted by molar-refractivity contribution is 14.0. The second-order valence-corrected chi connectivity index (χ2v) is 6.17. The molecule has 1 aromatic carbocycles. The lowest BCUT2D eigenvalue weighted by Gasteiger charge is -2.35. The zero-order chi connectivity index (χ0) is 19.1. The molecule has 2 aromatic rings. The number of nitrogens with zero attached hydrogens (tertiary/aromatic N) is 5. The minimum atomic E-state index is -0.241. The quantitative estimate of drug-likeness (QED) is 0.398.